The molecule has 1 aromatic heterocycles. The van der Waals surface area contributed by atoms with Crippen molar-refractivity contribution in [3.05, 3.63) is 17.2 Å². The molecule has 1 heterocycles. The minimum absolute atomic E-state index is 0.355. The van der Waals surface area contributed by atoms with Gasteiger partial charge in [0.05, 0.1) is 5.69 Å². The Labute approximate surface area is 112 Å². The van der Waals surface area contributed by atoms with Gasteiger partial charge in [0.15, 0.2) is 0 Å². The van der Waals surface area contributed by atoms with Crippen molar-refractivity contribution in [1.82, 2.24) is 9.97 Å². The molecular formula is C16H28N2. The lowest BCUT2D eigenvalue weighted by Crippen LogP contribution is -2.20. The third-order valence-electron chi connectivity index (χ3n) is 4.90. The van der Waals surface area contributed by atoms with Gasteiger partial charge in [-0.2, -0.15) is 0 Å². The Bertz CT molecular complexity index is 384. The van der Waals surface area contributed by atoms with Gasteiger partial charge >= 0.3 is 0 Å². The summed E-state index contributed by atoms with van der Waals surface area (Å²) in [5, 5.41) is 0. The normalized spacial score (nSPS) is 25.9. The maximum absolute atomic E-state index is 4.83. The fourth-order valence-corrected chi connectivity index (χ4v) is 2.56. The van der Waals surface area contributed by atoms with Crippen LogP contribution >= 0.6 is 0 Å². The second kappa shape index (κ2) is 4.71. The topological polar surface area (TPSA) is 28.7 Å². The summed E-state index contributed by atoms with van der Waals surface area (Å²) in [6.07, 6.45) is 3.39. The van der Waals surface area contributed by atoms with Crippen molar-refractivity contribution in [2.24, 2.45) is 23.2 Å². The lowest BCUT2D eigenvalue weighted by atomic mass is 9.80. The highest BCUT2D eigenvalue weighted by atomic mass is 14.9. The van der Waals surface area contributed by atoms with Gasteiger partial charge < -0.3 is 4.98 Å². The molecule has 2 rings (SSSR count). The Morgan fingerprint density at radius 1 is 1.22 bits per heavy atom. The molecule has 0 aromatic carbocycles. The third kappa shape index (κ3) is 2.78. The zero-order valence-corrected chi connectivity index (χ0v) is 12.8. The van der Waals surface area contributed by atoms with Gasteiger partial charge in [-0.1, -0.05) is 41.5 Å². The summed E-state index contributed by atoms with van der Waals surface area (Å²) in [5.74, 6) is 3.41. The largest absolute Gasteiger partial charge is 0.346 e. The van der Waals surface area contributed by atoms with Gasteiger partial charge in [-0.3, -0.25) is 0 Å². The van der Waals surface area contributed by atoms with Crippen LogP contribution < -0.4 is 0 Å². The van der Waals surface area contributed by atoms with E-state index >= 15 is 0 Å². The van der Waals surface area contributed by atoms with Crippen LogP contribution in [-0.2, 0) is 19.3 Å². The number of hydrogen-bond donors (Lipinski definition) is 1. The zero-order chi connectivity index (χ0) is 13.5. The van der Waals surface area contributed by atoms with E-state index in [0.717, 1.165) is 24.7 Å². The van der Waals surface area contributed by atoms with Crippen LogP contribution in [0.4, 0.5) is 0 Å². The fourth-order valence-electron chi connectivity index (χ4n) is 2.56. The monoisotopic (exact) mass is 248 g/mol. The predicted octanol–water partition coefficient (Wildman–Crippen LogP) is 4.01. The van der Waals surface area contributed by atoms with Crippen LogP contribution in [0.3, 0.4) is 0 Å². The number of imidazole rings is 1. The van der Waals surface area contributed by atoms with Crippen molar-refractivity contribution >= 4 is 0 Å². The second-order valence-electron chi connectivity index (χ2n) is 7.44. The minimum atomic E-state index is 0.355. The Morgan fingerprint density at radius 3 is 2.44 bits per heavy atom. The molecule has 2 heteroatoms. The van der Waals surface area contributed by atoms with E-state index in [1.165, 1.54) is 23.6 Å². The van der Waals surface area contributed by atoms with E-state index < -0.39 is 0 Å². The van der Waals surface area contributed by atoms with Gasteiger partial charge in [0, 0.05) is 12.1 Å². The summed E-state index contributed by atoms with van der Waals surface area (Å²) in [6.45, 7) is 14.0. The van der Waals surface area contributed by atoms with E-state index in [1.807, 2.05) is 0 Å². The third-order valence-corrected chi connectivity index (χ3v) is 4.90. The molecule has 0 saturated heterocycles. The van der Waals surface area contributed by atoms with Gasteiger partial charge in [-0.25, -0.2) is 4.98 Å². The summed E-state index contributed by atoms with van der Waals surface area (Å²) >= 11 is 0. The average molecular weight is 248 g/mol. The first-order chi connectivity index (χ1) is 8.27. The lowest BCUT2D eigenvalue weighted by Gasteiger charge is -2.26. The maximum atomic E-state index is 4.83. The molecule has 102 valence electrons. The highest BCUT2D eigenvalue weighted by Crippen LogP contribution is 2.31. The van der Waals surface area contributed by atoms with Gasteiger partial charge in [0.2, 0.25) is 0 Å². The molecule has 1 N–H and O–H groups in total. The van der Waals surface area contributed by atoms with Crippen LogP contribution in [0.1, 0.15) is 58.8 Å². The number of aromatic nitrogens is 2. The van der Waals surface area contributed by atoms with Crippen molar-refractivity contribution < 1.29 is 0 Å². The summed E-state index contributed by atoms with van der Waals surface area (Å²) in [7, 11) is 0. The minimum Gasteiger partial charge on any atom is -0.346 e. The van der Waals surface area contributed by atoms with Crippen molar-refractivity contribution in [2.45, 2.75) is 60.8 Å². The Morgan fingerprint density at radius 2 is 1.83 bits per heavy atom. The number of fused-ring (bicyclic) bond motifs is 1. The van der Waals surface area contributed by atoms with E-state index in [1.54, 1.807) is 0 Å². The molecule has 18 heavy (non-hydrogen) atoms. The van der Waals surface area contributed by atoms with Gasteiger partial charge in [-0.15, -0.1) is 0 Å². The lowest BCUT2D eigenvalue weighted by molar-refractivity contribution is 0.257. The molecule has 0 fully saturated rings. The Balaban J connectivity index is 2.11. The summed E-state index contributed by atoms with van der Waals surface area (Å²) in [5.41, 5.74) is 3.09. The van der Waals surface area contributed by atoms with Crippen LogP contribution in [0.2, 0.25) is 0 Å². The quantitative estimate of drug-likeness (QED) is 0.842. The van der Waals surface area contributed by atoms with Crippen molar-refractivity contribution in [1.29, 1.82) is 0 Å². The first-order valence-corrected chi connectivity index (χ1v) is 7.34. The van der Waals surface area contributed by atoms with Gasteiger partial charge in [0.25, 0.3) is 0 Å². The molecule has 2 nitrogen and oxygen atoms in total. The summed E-state index contributed by atoms with van der Waals surface area (Å²) in [6, 6.07) is 0. The van der Waals surface area contributed by atoms with E-state index in [9.17, 15) is 0 Å². The van der Waals surface area contributed by atoms with Crippen molar-refractivity contribution in [3.63, 3.8) is 0 Å². The molecule has 0 saturated carbocycles. The molecule has 3 unspecified atom stereocenters. The number of rotatable bonds is 2. The molecule has 0 radical (unpaired) electrons. The predicted molar refractivity (Wildman–Crippen MR) is 76.6 cm³/mol. The number of hydrogen-bond acceptors (Lipinski definition) is 1. The van der Waals surface area contributed by atoms with E-state index in [2.05, 4.69) is 46.5 Å². The highest BCUT2D eigenvalue weighted by molar-refractivity contribution is 5.19. The maximum Gasteiger partial charge on any atom is 0.106 e. The Kier molecular flexibility index (Phi) is 3.57. The first kappa shape index (κ1) is 13.6. The van der Waals surface area contributed by atoms with Crippen LogP contribution in [-0.4, -0.2) is 9.97 Å². The number of nitrogens with one attached hydrogen (secondary N) is 1. The first-order valence-electron chi connectivity index (χ1n) is 7.34. The van der Waals surface area contributed by atoms with Crippen LogP contribution in [0.15, 0.2) is 0 Å². The molecule has 3 atom stereocenters. The molecule has 0 amide bonds. The molecule has 1 aromatic rings. The molecule has 0 aliphatic heterocycles. The Hall–Kier alpha value is -0.790. The van der Waals surface area contributed by atoms with E-state index in [4.69, 9.17) is 4.98 Å². The zero-order valence-electron chi connectivity index (χ0n) is 12.8. The molecule has 1 aliphatic carbocycles. The SMILES string of the molecule is CC1Cc2nc(CC(C)C(C)(C)C)[nH]c2CC1C. The summed E-state index contributed by atoms with van der Waals surface area (Å²) < 4.78 is 0. The molecular weight excluding hydrogens is 220 g/mol. The number of aromatic amines is 1. The van der Waals surface area contributed by atoms with Crippen molar-refractivity contribution in [3.8, 4) is 0 Å². The van der Waals surface area contributed by atoms with Crippen LogP contribution in [0, 0.1) is 23.2 Å². The van der Waals surface area contributed by atoms with Gasteiger partial charge in [-0.05, 0) is 36.0 Å². The molecule has 0 bridgehead atoms. The van der Waals surface area contributed by atoms with Gasteiger partial charge in [0.1, 0.15) is 5.82 Å². The smallest absolute Gasteiger partial charge is 0.106 e. The average Bonchev–Trinajstić information content (AvgIpc) is 2.59. The second-order valence-corrected chi connectivity index (χ2v) is 7.44. The number of H-pyrrole nitrogens is 1. The standard InChI is InChI=1S/C16H28N2/c1-10-7-13-14(8-11(10)2)18-15(17-13)9-12(3)16(4,5)6/h10-12H,7-9H2,1-6H3,(H,17,18). The van der Waals surface area contributed by atoms with Crippen molar-refractivity contribution in [2.75, 3.05) is 0 Å². The highest BCUT2D eigenvalue weighted by Gasteiger charge is 2.26. The molecule has 1 aliphatic rings. The molecule has 0 spiro atoms. The van der Waals surface area contributed by atoms with E-state index in [-0.39, 0.29) is 0 Å². The van der Waals surface area contributed by atoms with E-state index in [0.29, 0.717) is 11.3 Å². The van der Waals surface area contributed by atoms with Crippen LogP contribution in [0.25, 0.3) is 0 Å². The fraction of sp³-hybridized carbons (Fsp3) is 0.812. The summed E-state index contributed by atoms with van der Waals surface area (Å²) in [4.78, 5) is 8.41. The number of nitrogens with zero attached hydrogens (tertiary/aromatic N) is 1. The van der Waals surface area contributed by atoms with Crippen LogP contribution in [0.5, 0.6) is 0 Å².